The van der Waals surface area contributed by atoms with Crippen LogP contribution in [0.25, 0.3) is 0 Å². The number of ether oxygens (including phenoxy) is 12. The summed E-state index contributed by atoms with van der Waals surface area (Å²) in [7, 11) is 0. The van der Waals surface area contributed by atoms with E-state index >= 15 is 0 Å². The van der Waals surface area contributed by atoms with Gasteiger partial charge in [-0.05, 0) is 330 Å². The lowest BCUT2D eigenvalue weighted by molar-refractivity contribution is -0.305. The quantitative estimate of drug-likeness (QED) is 0.0670. The van der Waals surface area contributed by atoms with Crippen LogP contribution in [0.1, 0.15) is 445 Å². The molecular weight excluding hydrogens is 1640 g/mol. The molecule has 2 N–H and O–H groups in total. The fourth-order valence-corrected chi connectivity index (χ4v) is 23.7. The molecule has 0 aromatic carbocycles. The summed E-state index contributed by atoms with van der Waals surface area (Å²) >= 11 is 0. The van der Waals surface area contributed by atoms with Crippen LogP contribution in [0.5, 0.6) is 0 Å². The van der Waals surface area contributed by atoms with Crippen molar-refractivity contribution in [1.82, 2.24) is 0 Å². The Bertz CT molecular complexity index is 3540. The molecular formula is C106H196O23. The first-order chi connectivity index (χ1) is 55.1. The molecule has 0 spiro atoms. The summed E-state index contributed by atoms with van der Waals surface area (Å²) in [6, 6.07) is 0. The zero-order valence-corrected chi connectivity index (χ0v) is 77.4. The normalized spacial score (nSPS) is 33.4. The third-order valence-electron chi connectivity index (χ3n) is 31.1. The monoisotopic (exact) mass is 1840 g/mol. The second-order valence-corrected chi connectivity index (χ2v) is 45.1. The van der Waals surface area contributed by atoms with Crippen molar-refractivity contribution in [2.24, 2.45) is 92.2 Å². The van der Waals surface area contributed by atoms with Gasteiger partial charge in [-0.15, -0.1) is 0 Å². The topological polar surface area (TPSA) is 305 Å². The lowest BCUT2D eigenvalue weighted by atomic mass is 9.47. The average Bonchev–Trinajstić information content (AvgIpc) is 1.58. The molecule has 0 amide bonds. The summed E-state index contributed by atoms with van der Waals surface area (Å²) in [6.45, 7) is 44.4. The predicted molar refractivity (Wildman–Crippen MR) is 513 cm³/mol. The van der Waals surface area contributed by atoms with Crippen molar-refractivity contribution in [2.45, 2.75) is 520 Å². The summed E-state index contributed by atoms with van der Waals surface area (Å²) in [5.74, 6) is 2.34. The van der Waals surface area contributed by atoms with Crippen LogP contribution in [0.2, 0.25) is 0 Å². The largest absolute Gasteiger partial charge is 0.508 e. The summed E-state index contributed by atoms with van der Waals surface area (Å²) in [6.07, 6.45) is 25.8. The predicted octanol–water partition coefficient (Wildman–Crippen LogP) is 25.1. The van der Waals surface area contributed by atoms with Crippen LogP contribution >= 0.6 is 0 Å². The molecule has 11 unspecified atom stereocenters. The average molecular weight is 1840 g/mol. The van der Waals surface area contributed by atoms with E-state index in [4.69, 9.17) is 56.8 Å². The van der Waals surface area contributed by atoms with E-state index < -0.39 is 92.0 Å². The standard InChI is InChI=1S/C30H48O9.C19H32O2.C18H26O6.C16H26O4.C13H24O2.10CH4/c1-9-27(5,6)24(32)38-29-13-19-10-20(14-29)16-30(15-19,18-29)39-25(33)34-17-22-11-21(35-28(7,8)36-22)12-23(31)37-26(2,3)4;1-6-18(4,5)17(20)21-19(12(2)3)15-8-13-7-14(10-15)11-16(19)9-13;1-4-18(2,3)17(21)22-9-14(19)24-15-11-5-10-6-12(8-11)16(20)23-13(15)7-10;1-4-13(2,3)12(17)20-16-7-11-5-14(18,9-16)8-15(19,6-11)10-16;1-5-12(3,4)11(14)15-13(6-2)9-7-8-10-13;;;;;;;;;;/h19-22H,9-18H2,1-8H3;12-16H,6-11H2,1-5H3;10-13,15H,4-9H2,1-3H3;11,18-19H,4-10H2,1-3H3;5-10H2,1-4H3;10*1H4. The van der Waals surface area contributed by atoms with Crippen molar-refractivity contribution in [1.29, 1.82) is 0 Å². The van der Waals surface area contributed by atoms with Crippen molar-refractivity contribution in [3.63, 3.8) is 0 Å². The van der Waals surface area contributed by atoms with Gasteiger partial charge < -0.3 is 67.1 Å². The Morgan fingerprint density at radius 1 is 0.434 bits per heavy atom. The number of hydrogen-bond acceptors (Lipinski definition) is 23. The van der Waals surface area contributed by atoms with Crippen molar-refractivity contribution >= 4 is 53.9 Å². The van der Waals surface area contributed by atoms with Crippen LogP contribution in [-0.4, -0.2) is 152 Å². The Balaban J connectivity index is 0.00000161. The smallest absolute Gasteiger partial charge is 0.460 e. The first kappa shape index (κ1) is 124. The summed E-state index contributed by atoms with van der Waals surface area (Å²) < 4.78 is 69.4. The SMILES string of the molecule is C.C.C.C.C.C.C.C.C.C.CCC(C)(C)C(=O)OC1(C(C)C)C2CC3CC(C2)CC1C3.CCC(C)(C)C(=O)OC12CC3CC(CC(OC(=O)OCC4CC(CC(=O)OC(C)(C)C)OC(C)(C)O4)(C3)C1)C2.CCC(C)(C)C(=O)OC12CC3CC(O)(CC(O)(C3)C1)C2.CCC(C)(C)C(=O)OCC(=O)OC1C2CC3CC(C2)C(=O)OC1C3.CCC1(OC(=O)C(C)(C)CC)CCCC1. The second kappa shape index (κ2) is 46.6. The molecule has 0 aromatic rings. The lowest BCUT2D eigenvalue weighted by Crippen LogP contribution is -2.67. The highest BCUT2D eigenvalue weighted by Gasteiger charge is 2.67. The van der Waals surface area contributed by atoms with Crippen molar-refractivity contribution in [3.8, 4) is 0 Å². The van der Waals surface area contributed by atoms with E-state index in [0.29, 0.717) is 80.5 Å². The number of esters is 8. The van der Waals surface area contributed by atoms with E-state index in [1.165, 1.54) is 44.9 Å². The van der Waals surface area contributed by atoms with Gasteiger partial charge in [0.2, 0.25) is 0 Å². The zero-order valence-electron chi connectivity index (χ0n) is 77.4. The summed E-state index contributed by atoms with van der Waals surface area (Å²) in [4.78, 5) is 112. The third kappa shape index (κ3) is 29.5. The molecule has 18 rings (SSSR count). The maximum absolute atomic E-state index is 13.0. The van der Waals surface area contributed by atoms with Gasteiger partial charge in [0.25, 0.3) is 0 Å². The van der Waals surface area contributed by atoms with Crippen molar-refractivity contribution in [3.05, 3.63) is 0 Å². The van der Waals surface area contributed by atoms with Gasteiger partial charge in [-0.25, -0.2) is 9.59 Å². The van der Waals surface area contributed by atoms with Crippen molar-refractivity contribution in [2.75, 3.05) is 13.2 Å². The lowest BCUT2D eigenvalue weighted by Gasteiger charge is -2.62. The van der Waals surface area contributed by atoms with E-state index in [-0.39, 0.29) is 176 Å². The zero-order chi connectivity index (χ0) is 88.1. The molecule has 758 valence electrons. The van der Waals surface area contributed by atoms with E-state index in [2.05, 4.69) is 27.7 Å². The first-order valence-electron chi connectivity index (χ1n) is 46.4. The van der Waals surface area contributed by atoms with E-state index in [9.17, 15) is 53.4 Å². The molecule has 3 heterocycles. The van der Waals surface area contributed by atoms with Gasteiger partial charge in [0.15, 0.2) is 12.4 Å². The number of rotatable bonds is 24. The van der Waals surface area contributed by atoms with E-state index in [1.54, 1.807) is 27.7 Å². The maximum Gasteiger partial charge on any atom is 0.508 e. The third-order valence-corrected chi connectivity index (χ3v) is 31.1. The molecule has 23 nitrogen and oxygen atoms in total. The van der Waals surface area contributed by atoms with Crippen LogP contribution in [0.3, 0.4) is 0 Å². The molecule has 23 heteroatoms. The first-order valence-corrected chi connectivity index (χ1v) is 46.4. The minimum absolute atomic E-state index is 0. The van der Waals surface area contributed by atoms with E-state index in [1.807, 2.05) is 104 Å². The number of fused-ring (bicyclic) bond motifs is 1. The molecule has 0 aromatic heterocycles. The molecule has 129 heavy (non-hydrogen) atoms. The van der Waals surface area contributed by atoms with Gasteiger partial charge in [0, 0.05) is 38.0 Å². The molecule has 3 saturated heterocycles. The molecule has 16 bridgehead atoms. The van der Waals surface area contributed by atoms with Crippen LogP contribution in [-0.2, 0) is 95.2 Å². The number of carbonyl (C=O) groups is 9. The van der Waals surface area contributed by atoms with Gasteiger partial charge in [-0.2, -0.15) is 0 Å². The maximum atomic E-state index is 13.0. The fourth-order valence-electron chi connectivity index (χ4n) is 23.7. The molecule has 0 radical (unpaired) electrons. The number of aliphatic hydroxyl groups is 2. The van der Waals surface area contributed by atoms with Gasteiger partial charge in [-0.3, -0.25) is 33.6 Å². The molecule has 15 aliphatic carbocycles. The Hall–Kier alpha value is -5.13. The van der Waals surface area contributed by atoms with Gasteiger partial charge in [0.05, 0.1) is 62.8 Å². The van der Waals surface area contributed by atoms with Gasteiger partial charge in [0.1, 0.15) is 52.4 Å². The summed E-state index contributed by atoms with van der Waals surface area (Å²) in [5, 5.41) is 21.3. The van der Waals surface area contributed by atoms with Crippen LogP contribution in [0, 0.1) is 92.2 Å². The van der Waals surface area contributed by atoms with Crippen LogP contribution in [0.4, 0.5) is 4.79 Å². The fraction of sp³-hybridized carbons (Fsp3) is 0.915. The van der Waals surface area contributed by atoms with Crippen molar-refractivity contribution < 1.29 is 110 Å². The molecule has 11 atom stereocenters. The van der Waals surface area contributed by atoms with Gasteiger partial charge in [-0.1, -0.05) is 130 Å². The molecule has 18 aliphatic rings. The Morgan fingerprint density at radius 2 is 0.853 bits per heavy atom. The molecule has 3 aliphatic heterocycles. The Kier molecular flexibility index (Phi) is 44.8. The Morgan fingerprint density at radius 3 is 1.30 bits per heavy atom. The molecule has 18 fully saturated rings. The number of carbonyl (C=O) groups excluding carboxylic acids is 9. The highest BCUT2D eigenvalue weighted by Crippen LogP contribution is 2.65. The minimum atomic E-state index is -0.939. The van der Waals surface area contributed by atoms with Gasteiger partial charge >= 0.3 is 53.9 Å². The van der Waals surface area contributed by atoms with Crippen LogP contribution < -0.4 is 0 Å². The van der Waals surface area contributed by atoms with Crippen LogP contribution in [0.15, 0.2) is 0 Å². The number of hydrogen-bond donors (Lipinski definition) is 2. The Labute approximate surface area is 785 Å². The summed E-state index contributed by atoms with van der Waals surface area (Å²) in [5.41, 5.74) is -6.81. The highest BCUT2D eigenvalue weighted by atomic mass is 16.8. The molecule has 15 saturated carbocycles. The minimum Gasteiger partial charge on any atom is -0.460 e. The second-order valence-electron chi connectivity index (χ2n) is 45.1. The van der Waals surface area contributed by atoms with E-state index in [0.717, 1.165) is 127 Å². The highest BCUT2D eigenvalue weighted by molar-refractivity contribution is 5.81.